The van der Waals surface area contributed by atoms with E-state index >= 15 is 0 Å². The maximum absolute atomic E-state index is 13.0. The number of carbonyl (C=O) groups excluding carboxylic acids is 3. The summed E-state index contributed by atoms with van der Waals surface area (Å²) in [6, 6.07) is 13.5. The summed E-state index contributed by atoms with van der Waals surface area (Å²) < 4.78 is 13.4. The molecule has 0 radical (unpaired) electrons. The smallest absolute Gasteiger partial charge is 0.410 e. The van der Waals surface area contributed by atoms with E-state index in [1.54, 1.807) is 36.4 Å². The van der Waals surface area contributed by atoms with Gasteiger partial charge in [-0.25, -0.2) is 4.79 Å². The molecule has 0 saturated heterocycles. The zero-order chi connectivity index (χ0) is 28.7. The van der Waals surface area contributed by atoms with Gasteiger partial charge in [-0.05, 0) is 49.9 Å². The van der Waals surface area contributed by atoms with Crippen LogP contribution in [0.3, 0.4) is 0 Å². The molecular formula is C29H39N5O5. The lowest BCUT2D eigenvalue weighted by Gasteiger charge is -2.22. The Hall–Kier alpha value is -3.63. The van der Waals surface area contributed by atoms with E-state index < -0.39 is 17.6 Å². The molecule has 1 amide bonds. The number of hydrogen-bond donors (Lipinski definition) is 1. The van der Waals surface area contributed by atoms with Gasteiger partial charge in [0, 0.05) is 19.4 Å². The first-order valence-corrected chi connectivity index (χ1v) is 13.1. The van der Waals surface area contributed by atoms with Crippen LogP contribution in [0.15, 0.2) is 42.5 Å². The Morgan fingerprint density at radius 2 is 1.77 bits per heavy atom. The fourth-order valence-electron chi connectivity index (χ4n) is 4.30. The van der Waals surface area contributed by atoms with Gasteiger partial charge in [0.1, 0.15) is 18.2 Å². The molecule has 39 heavy (non-hydrogen) atoms. The minimum Gasteiger partial charge on any atom is -0.443 e. The monoisotopic (exact) mass is 537 g/mol. The van der Waals surface area contributed by atoms with Crippen LogP contribution in [0.4, 0.5) is 4.79 Å². The molecule has 1 atom stereocenters. The highest BCUT2D eigenvalue weighted by atomic mass is 16.6. The predicted octanol–water partition coefficient (Wildman–Crippen LogP) is 4.01. The second kappa shape index (κ2) is 12.9. The van der Waals surface area contributed by atoms with E-state index in [9.17, 15) is 14.4 Å². The van der Waals surface area contributed by atoms with Crippen LogP contribution in [-0.2, 0) is 32.3 Å². The van der Waals surface area contributed by atoms with Crippen LogP contribution in [0.5, 0.6) is 0 Å². The molecular weight excluding hydrogens is 498 g/mol. The largest absolute Gasteiger partial charge is 0.443 e. The number of rotatable bonds is 13. The summed E-state index contributed by atoms with van der Waals surface area (Å²) in [6.07, 6.45) is -0.522. The SMILES string of the molecule is CC(=O)CN(C)C(=O)OCc1cccc2nnc([C@@H](COCc3ccccc3C(C)C)CC(=O)C(C)(C)N)n12. The third-order valence-corrected chi connectivity index (χ3v) is 6.42. The molecule has 0 spiro atoms. The lowest BCUT2D eigenvalue weighted by atomic mass is 9.91. The van der Waals surface area contributed by atoms with E-state index in [1.165, 1.54) is 24.4 Å². The Labute approximate surface area is 229 Å². The number of carbonyl (C=O) groups is 3. The van der Waals surface area contributed by atoms with Crippen LogP contribution in [0.1, 0.15) is 75.5 Å². The number of Topliss-reactive ketones (excluding diaryl/α,β-unsaturated/α-hetero) is 2. The first kappa shape index (κ1) is 29.9. The lowest BCUT2D eigenvalue weighted by Crippen LogP contribution is -2.42. The Bertz CT molecular complexity index is 1310. The van der Waals surface area contributed by atoms with Crippen LogP contribution in [0, 0.1) is 0 Å². The third-order valence-electron chi connectivity index (χ3n) is 6.42. The number of nitrogens with two attached hydrogens (primary N) is 1. The number of aromatic nitrogens is 3. The van der Waals surface area contributed by atoms with Crippen LogP contribution < -0.4 is 5.73 Å². The Kier molecular flexibility index (Phi) is 9.93. The first-order valence-electron chi connectivity index (χ1n) is 13.1. The second-order valence-electron chi connectivity index (χ2n) is 10.8. The average Bonchev–Trinajstić information content (AvgIpc) is 3.30. The standard InChI is InChI=1S/C29H39N5O5/c1-19(2)24-12-8-7-10-21(24)16-38-17-22(14-25(36)29(4,5)30)27-32-31-26-13-9-11-23(34(26)27)18-39-28(37)33(6)15-20(3)35/h7-13,19,22H,14-18,30H2,1-6H3/t22-/m1/s1. The Morgan fingerprint density at radius 3 is 2.44 bits per heavy atom. The zero-order valence-corrected chi connectivity index (χ0v) is 23.6. The van der Waals surface area contributed by atoms with E-state index in [1.807, 2.05) is 18.2 Å². The van der Waals surface area contributed by atoms with Crippen molar-refractivity contribution in [2.45, 2.75) is 71.6 Å². The van der Waals surface area contributed by atoms with Gasteiger partial charge in [-0.1, -0.05) is 44.2 Å². The highest BCUT2D eigenvalue weighted by molar-refractivity contribution is 5.87. The molecule has 0 fully saturated rings. The predicted molar refractivity (Wildman–Crippen MR) is 147 cm³/mol. The lowest BCUT2D eigenvalue weighted by molar-refractivity contribution is -0.124. The van der Waals surface area contributed by atoms with Gasteiger partial charge < -0.3 is 20.1 Å². The molecule has 2 aromatic heterocycles. The highest BCUT2D eigenvalue weighted by Crippen LogP contribution is 2.26. The van der Waals surface area contributed by atoms with Gasteiger partial charge in [-0.15, -0.1) is 10.2 Å². The zero-order valence-electron chi connectivity index (χ0n) is 23.6. The fourth-order valence-corrected chi connectivity index (χ4v) is 4.30. The summed E-state index contributed by atoms with van der Waals surface area (Å²) in [6.45, 7) is 9.51. The van der Waals surface area contributed by atoms with Crippen LogP contribution >= 0.6 is 0 Å². The van der Waals surface area contributed by atoms with Crippen molar-refractivity contribution in [3.8, 4) is 0 Å². The summed E-state index contributed by atoms with van der Waals surface area (Å²) in [5.41, 5.74) is 8.56. The quantitative estimate of drug-likeness (QED) is 0.346. The molecule has 0 unspecified atom stereocenters. The van der Waals surface area contributed by atoms with Gasteiger partial charge in [-0.2, -0.15) is 0 Å². The number of likely N-dealkylation sites (N-methyl/N-ethyl adjacent to an activating group) is 1. The molecule has 0 bridgehead atoms. The van der Waals surface area contributed by atoms with Gasteiger partial charge in [-0.3, -0.25) is 14.0 Å². The van der Waals surface area contributed by atoms with Crippen molar-refractivity contribution < 1.29 is 23.9 Å². The molecule has 2 heterocycles. The molecule has 210 valence electrons. The summed E-state index contributed by atoms with van der Waals surface area (Å²) in [4.78, 5) is 38.0. The normalized spacial score (nSPS) is 12.5. The van der Waals surface area contributed by atoms with E-state index in [0.29, 0.717) is 29.7 Å². The minimum atomic E-state index is -1.03. The maximum atomic E-state index is 13.0. The summed E-state index contributed by atoms with van der Waals surface area (Å²) in [5.74, 6) is 0.136. The maximum Gasteiger partial charge on any atom is 0.410 e. The minimum absolute atomic E-state index is 0.0444. The molecule has 1 aromatic carbocycles. The molecule has 10 heteroatoms. The molecule has 3 aromatic rings. The molecule has 3 rings (SSSR count). The number of ether oxygens (including phenoxy) is 2. The number of ketones is 2. The Morgan fingerprint density at radius 1 is 1.05 bits per heavy atom. The van der Waals surface area contributed by atoms with Crippen LogP contribution in [-0.4, -0.2) is 62.9 Å². The highest BCUT2D eigenvalue weighted by Gasteiger charge is 2.29. The number of hydrogen-bond acceptors (Lipinski definition) is 8. The summed E-state index contributed by atoms with van der Waals surface area (Å²) in [5, 5.41) is 8.70. The second-order valence-corrected chi connectivity index (χ2v) is 10.8. The number of pyridine rings is 1. The van der Waals surface area contributed by atoms with E-state index in [4.69, 9.17) is 15.2 Å². The topological polar surface area (TPSA) is 129 Å². The number of amides is 1. The van der Waals surface area contributed by atoms with Gasteiger partial charge in [0.25, 0.3) is 0 Å². The number of benzene rings is 1. The van der Waals surface area contributed by atoms with Gasteiger partial charge in [0.15, 0.2) is 11.4 Å². The number of fused-ring (bicyclic) bond motifs is 1. The van der Waals surface area contributed by atoms with Crippen molar-refractivity contribution in [2.24, 2.45) is 5.73 Å². The van der Waals surface area contributed by atoms with Crippen molar-refractivity contribution in [3.63, 3.8) is 0 Å². The molecule has 0 saturated carbocycles. The summed E-state index contributed by atoms with van der Waals surface area (Å²) >= 11 is 0. The van der Waals surface area contributed by atoms with Crippen LogP contribution in [0.2, 0.25) is 0 Å². The van der Waals surface area contributed by atoms with Gasteiger partial charge in [0.2, 0.25) is 0 Å². The van der Waals surface area contributed by atoms with Gasteiger partial charge >= 0.3 is 6.09 Å². The van der Waals surface area contributed by atoms with Crippen molar-refractivity contribution in [3.05, 3.63) is 65.1 Å². The van der Waals surface area contributed by atoms with Gasteiger partial charge in [0.05, 0.1) is 31.0 Å². The molecule has 10 nitrogen and oxygen atoms in total. The van der Waals surface area contributed by atoms with Crippen molar-refractivity contribution in [1.82, 2.24) is 19.5 Å². The average molecular weight is 538 g/mol. The first-order chi connectivity index (χ1) is 18.4. The fraction of sp³-hybridized carbons (Fsp3) is 0.483. The molecule has 0 aliphatic carbocycles. The van der Waals surface area contributed by atoms with Crippen molar-refractivity contribution in [2.75, 3.05) is 20.2 Å². The van der Waals surface area contributed by atoms with Crippen molar-refractivity contribution in [1.29, 1.82) is 0 Å². The molecule has 2 N–H and O–H groups in total. The van der Waals surface area contributed by atoms with Crippen molar-refractivity contribution >= 4 is 23.3 Å². The summed E-state index contributed by atoms with van der Waals surface area (Å²) in [7, 11) is 1.50. The molecule has 0 aliphatic heterocycles. The number of nitrogens with zero attached hydrogens (tertiary/aromatic N) is 4. The Balaban J connectivity index is 1.87. The third kappa shape index (κ3) is 7.93. The van der Waals surface area contributed by atoms with E-state index in [-0.39, 0.29) is 37.7 Å². The van der Waals surface area contributed by atoms with E-state index in [0.717, 1.165) is 5.56 Å². The van der Waals surface area contributed by atoms with E-state index in [2.05, 4.69) is 30.1 Å². The van der Waals surface area contributed by atoms with Crippen LogP contribution in [0.25, 0.3) is 5.65 Å². The molecule has 0 aliphatic rings.